The van der Waals surface area contributed by atoms with Crippen molar-refractivity contribution in [3.8, 4) is 11.5 Å². The lowest BCUT2D eigenvalue weighted by Gasteiger charge is -2.13. The van der Waals surface area contributed by atoms with Crippen LogP contribution in [0.5, 0.6) is 11.5 Å². The van der Waals surface area contributed by atoms with Crippen LogP contribution in [-0.2, 0) is 4.79 Å². The summed E-state index contributed by atoms with van der Waals surface area (Å²) in [6, 6.07) is 16.7. The number of amidine groups is 1. The number of ether oxygens (including phenoxy) is 2. The number of benzene rings is 3. The van der Waals surface area contributed by atoms with Crippen molar-refractivity contribution in [1.82, 2.24) is 0 Å². The Kier molecular flexibility index (Phi) is 8.48. The van der Waals surface area contributed by atoms with Gasteiger partial charge in [0.15, 0.2) is 18.1 Å². The molecule has 0 saturated carbocycles. The number of halogens is 1. The van der Waals surface area contributed by atoms with Crippen molar-refractivity contribution in [3.05, 3.63) is 87.9 Å². The van der Waals surface area contributed by atoms with Crippen LogP contribution in [0.1, 0.15) is 34.0 Å². The quantitative estimate of drug-likeness (QED) is 0.180. The minimum Gasteiger partial charge on any atom is -0.490 e. The molecule has 0 aliphatic heterocycles. The lowest BCUT2D eigenvalue weighted by Crippen LogP contribution is -2.14. The number of hydrogen-bond donors (Lipinski definition) is 4. The predicted octanol–water partition coefficient (Wildman–Crippen LogP) is 4.91. The first-order valence-electron chi connectivity index (χ1n) is 10.6. The highest BCUT2D eigenvalue weighted by Crippen LogP contribution is 2.33. The number of aliphatic carboxylic acids is 1. The van der Waals surface area contributed by atoms with Gasteiger partial charge in [-0.05, 0) is 55.0 Å². The van der Waals surface area contributed by atoms with E-state index in [0.717, 1.165) is 0 Å². The Morgan fingerprint density at radius 1 is 1.06 bits per heavy atom. The molecule has 3 aromatic carbocycles. The van der Waals surface area contributed by atoms with E-state index in [-0.39, 0.29) is 11.7 Å². The largest absolute Gasteiger partial charge is 0.490 e. The van der Waals surface area contributed by atoms with Crippen LogP contribution >= 0.6 is 11.6 Å². The Balaban J connectivity index is 1.91. The first-order chi connectivity index (χ1) is 16.8. The van der Waals surface area contributed by atoms with Gasteiger partial charge < -0.3 is 25.6 Å². The molecule has 0 unspecified atom stereocenters. The number of amides is 1. The van der Waals surface area contributed by atoms with E-state index >= 15 is 0 Å². The van der Waals surface area contributed by atoms with E-state index in [1.165, 1.54) is 0 Å². The average Bonchev–Trinajstić information content (AvgIpc) is 2.83. The van der Waals surface area contributed by atoms with Crippen molar-refractivity contribution in [2.45, 2.75) is 6.92 Å². The van der Waals surface area contributed by atoms with E-state index in [4.69, 9.17) is 37.3 Å². The van der Waals surface area contributed by atoms with E-state index < -0.39 is 12.6 Å². The number of nitrogens with one attached hydrogen (secondary N) is 2. The molecule has 0 aromatic heterocycles. The maximum atomic E-state index is 13.0. The third-order valence-electron chi connectivity index (χ3n) is 4.81. The highest BCUT2D eigenvalue weighted by atomic mass is 35.5. The first-order valence-corrected chi connectivity index (χ1v) is 11.0. The number of hydrogen-bond acceptors (Lipinski definition) is 5. The van der Waals surface area contributed by atoms with Crippen molar-refractivity contribution in [1.29, 1.82) is 5.41 Å². The Morgan fingerprint density at radius 2 is 1.77 bits per heavy atom. The second kappa shape index (κ2) is 11.7. The number of nitrogen functional groups attached to an aromatic ring is 1. The van der Waals surface area contributed by atoms with Crippen LogP contribution in [0.4, 0.5) is 5.69 Å². The molecule has 9 heteroatoms. The topological polar surface area (TPSA) is 135 Å². The van der Waals surface area contributed by atoms with Crippen LogP contribution in [-0.4, -0.2) is 36.0 Å². The molecule has 5 N–H and O–H groups in total. The maximum Gasteiger partial charge on any atom is 0.341 e. The van der Waals surface area contributed by atoms with Crippen molar-refractivity contribution < 1.29 is 24.2 Å². The van der Waals surface area contributed by atoms with Gasteiger partial charge in [0, 0.05) is 27.4 Å². The molecule has 0 atom stereocenters. The molecule has 0 heterocycles. The normalized spacial score (nSPS) is 10.7. The molecule has 1 amide bonds. The van der Waals surface area contributed by atoms with Gasteiger partial charge in [0.2, 0.25) is 0 Å². The fraction of sp³-hybridized carbons (Fsp3) is 0.115. The van der Waals surface area contributed by atoms with Crippen molar-refractivity contribution in [2.24, 2.45) is 5.73 Å². The monoisotopic (exact) mass is 493 g/mol. The molecule has 0 radical (unpaired) electrons. The van der Waals surface area contributed by atoms with E-state index in [1.54, 1.807) is 72.8 Å². The number of carboxylic acids is 1. The van der Waals surface area contributed by atoms with Gasteiger partial charge in [0.05, 0.1) is 6.61 Å². The lowest BCUT2D eigenvalue weighted by atomic mass is 10.0. The second-order valence-corrected chi connectivity index (χ2v) is 7.74. The number of carbonyl (C=O) groups excluding carboxylic acids is 1. The van der Waals surface area contributed by atoms with E-state index in [0.29, 0.717) is 51.1 Å². The first kappa shape index (κ1) is 25.3. The van der Waals surface area contributed by atoms with Crippen molar-refractivity contribution in [2.75, 3.05) is 18.5 Å². The minimum absolute atomic E-state index is 0.0646. The summed E-state index contributed by atoms with van der Waals surface area (Å²) in [5, 5.41) is 19.7. The van der Waals surface area contributed by atoms with Gasteiger partial charge >= 0.3 is 5.97 Å². The zero-order valence-corrected chi connectivity index (χ0v) is 19.6. The highest BCUT2D eigenvalue weighted by Gasteiger charge is 2.14. The predicted molar refractivity (Wildman–Crippen MR) is 137 cm³/mol. The molecule has 0 aliphatic carbocycles. The molecule has 0 spiro atoms. The number of nitrogens with two attached hydrogens (primary N) is 1. The zero-order chi connectivity index (χ0) is 25.4. The fourth-order valence-electron chi connectivity index (χ4n) is 3.20. The molecule has 0 aliphatic rings. The standard InChI is InChI=1S/C26H24ClN3O5/c1-2-34-22-5-3-4-17(24(22)35-15-23(31)32)7-6-16-8-11-19(27)14-21(16)26(33)30-20-12-9-18(10-13-20)25(28)29/h3-14H,2,15H2,1H3,(H3,28,29)(H,30,33)(H,31,32)/b7-6-. The summed E-state index contributed by atoms with van der Waals surface area (Å²) in [6.07, 6.45) is 3.42. The molecule has 180 valence electrons. The van der Waals surface area contributed by atoms with Gasteiger partial charge in [-0.25, -0.2) is 4.79 Å². The van der Waals surface area contributed by atoms with Gasteiger partial charge in [0.25, 0.3) is 5.91 Å². The molecule has 0 bridgehead atoms. The number of anilines is 1. The third-order valence-corrected chi connectivity index (χ3v) is 5.04. The van der Waals surface area contributed by atoms with Crippen LogP contribution in [0, 0.1) is 5.41 Å². The van der Waals surface area contributed by atoms with Gasteiger partial charge in [-0.15, -0.1) is 0 Å². The second-order valence-electron chi connectivity index (χ2n) is 7.30. The van der Waals surface area contributed by atoms with Crippen molar-refractivity contribution in [3.63, 3.8) is 0 Å². The van der Waals surface area contributed by atoms with E-state index in [9.17, 15) is 9.59 Å². The lowest BCUT2D eigenvalue weighted by molar-refractivity contribution is -0.139. The molecule has 3 rings (SSSR count). The van der Waals surface area contributed by atoms with Gasteiger partial charge in [-0.3, -0.25) is 10.2 Å². The number of rotatable bonds is 10. The Bertz CT molecular complexity index is 1270. The smallest absolute Gasteiger partial charge is 0.341 e. The average molecular weight is 494 g/mol. The molecule has 3 aromatic rings. The van der Waals surface area contributed by atoms with E-state index in [1.807, 2.05) is 6.92 Å². The van der Waals surface area contributed by atoms with E-state index in [2.05, 4.69) is 5.32 Å². The highest BCUT2D eigenvalue weighted by molar-refractivity contribution is 6.31. The molecule has 0 fully saturated rings. The maximum absolute atomic E-state index is 13.0. The summed E-state index contributed by atoms with van der Waals surface area (Å²) < 4.78 is 11.0. The zero-order valence-electron chi connectivity index (χ0n) is 18.9. The SMILES string of the molecule is CCOc1cccc(/C=C\c2ccc(Cl)cc2C(=O)Nc2ccc(C(=N)N)cc2)c1OCC(=O)O. The summed E-state index contributed by atoms with van der Waals surface area (Å²) in [7, 11) is 0. The third kappa shape index (κ3) is 6.84. The molecular weight excluding hydrogens is 470 g/mol. The van der Waals surface area contributed by atoms with Gasteiger partial charge in [-0.2, -0.15) is 0 Å². The van der Waals surface area contributed by atoms with Gasteiger partial charge in [0.1, 0.15) is 5.84 Å². The molecular formula is C26H24ClN3O5. The molecule has 8 nitrogen and oxygen atoms in total. The Hall–Kier alpha value is -4.30. The Morgan fingerprint density at radius 3 is 2.43 bits per heavy atom. The van der Waals surface area contributed by atoms with Crippen LogP contribution in [0.3, 0.4) is 0 Å². The van der Waals surface area contributed by atoms with Crippen molar-refractivity contribution >= 4 is 47.2 Å². The van der Waals surface area contributed by atoms with Crippen LogP contribution < -0.4 is 20.5 Å². The minimum atomic E-state index is -1.11. The fourth-order valence-corrected chi connectivity index (χ4v) is 3.38. The number of para-hydroxylation sites is 1. The number of carbonyl (C=O) groups is 2. The summed E-state index contributed by atoms with van der Waals surface area (Å²) in [5.74, 6) is -0.852. The summed E-state index contributed by atoms with van der Waals surface area (Å²) in [6.45, 7) is 1.67. The van der Waals surface area contributed by atoms with Crippen LogP contribution in [0.25, 0.3) is 12.2 Å². The number of carboxylic acid groups (broad SMARTS) is 1. The Labute approximate surface area is 207 Å². The van der Waals surface area contributed by atoms with Gasteiger partial charge in [-0.1, -0.05) is 42.0 Å². The van der Waals surface area contributed by atoms with Crippen LogP contribution in [0.2, 0.25) is 5.02 Å². The molecule has 35 heavy (non-hydrogen) atoms. The molecule has 0 saturated heterocycles. The summed E-state index contributed by atoms with van der Waals surface area (Å²) >= 11 is 6.15. The summed E-state index contributed by atoms with van der Waals surface area (Å²) in [5.41, 5.74) is 8.04. The summed E-state index contributed by atoms with van der Waals surface area (Å²) in [4.78, 5) is 24.0. The van der Waals surface area contributed by atoms with Crippen LogP contribution in [0.15, 0.2) is 60.7 Å².